The van der Waals surface area contributed by atoms with Gasteiger partial charge in [0.25, 0.3) is 0 Å². The van der Waals surface area contributed by atoms with Crippen LogP contribution in [0.15, 0.2) is 12.3 Å². The molecule has 0 aromatic carbocycles. The van der Waals surface area contributed by atoms with Gasteiger partial charge in [-0.25, -0.2) is 0 Å². The summed E-state index contributed by atoms with van der Waals surface area (Å²) in [6.07, 6.45) is 5.73. The maximum absolute atomic E-state index is 5.23. The summed E-state index contributed by atoms with van der Waals surface area (Å²) in [6, 6.07) is 0. The predicted molar refractivity (Wildman–Crippen MR) is 46.7 cm³/mol. The van der Waals surface area contributed by atoms with Crippen LogP contribution in [-0.2, 0) is 4.74 Å². The first kappa shape index (κ1) is 10.5. The quantitative estimate of drug-likeness (QED) is 0.444. The third-order valence-electron chi connectivity index (χ3n) is 1.51. The van der Waals surface area contributed by atoms with Crippen LogP contribution < -0.4 is 11.5 Å². The zero-order chi connectivity index (χ0) is 8.53. The largest absolute Gasteiger partial charge is 0.405 e. The monoisotopic (exact) mass is 158 g/mol. The van der Waals surface area contributed by atoms with Gasteiger partial charge in [-0.3, -0.25) is 0 Å². The second-order valence-electron chi connectivity index (χ2n) is 2.58. The smallest absolute Gasteiger partial charge is 0.0940 e. The van der Waals surface area contributed by atoms with Gasteiger partial charge < -0.3 is 16.2 Å². The van der Waals surface area contributed by atoms with Crippen LogP contribution in [0.5, 0.6) is 0 Å². The Kier molecular flexibility index (Phi) is 7.19. The van der Waals surface area contributed by atoms with Crippen molar-refractivity contribution < 1.29 is 4.74 Å². The van der Waals surface area contributed by atoms with Gasteiger partial charge in [0.05, 0.1) is 6.73 Å². The number of allylic oxidation sites excluding steroid dienone is 1. The molecular weight excluding hydrogens is 140 g/mol. The van der Waals surface area contributed by atoms with Crippen LogP contribution in [0.1, 0.15) is 19.8 Å². The molecule has 0 saturated heterocycles. The molecule has 0 aliphatic heterocycles. The maximum atomic E-state index is 5.23. The number of nitrogens with two attached hydrogens (primary N) is 2. The Balaban J connectivity index is 3.10. The molecule has 66 valence electrons. The maximum Gasteiger partial charge on any atom is 0.0940 e. The lowest BCUT2D eigenvalue weighted by atomic mass is 10.1. The molecule has 0 rings (SSSR count). The lowest BCUT2D eigenvalue weighted by Crippen LogP contribution is -2.06. The Hall–Kier alpha value is -0.540. The zero-order valence-corrected chi connectivity index (χ0v) is 7.12. The molecule has 0 bridgehead atoms. The molecule has 0 aromatic heterocycles. The van der Waals surface area contributed by atoms with E-state index in [1.54, 1.807) is 6.20 Å². The van der Waals surface area contributed by atoms with Crippen LogP contribution in [0.3, 0.4) is 0 Å². The van der Waals surface area contributed by atoms with Crippen LogP contribution in [0, 0.1) is 5.92 Å². The van der Waals surface area contributed by atoms with Crippen LogP contribution in [-0.4, -0.2) is 13.3 Å². The van der Waals surface area contributed by atoms with E-state index in [4.69, 9.17) is 16.2 Å². The van der Waals surface area contributed by atoms with Gasteiger partial charge in [-0.05, 0) is 25.0 Å². The van der Waals surface area contributed by atoms with Gasteiger partial charge in [-0.2, -0.15) is 0 Å². The summed E-state index contributed by atoms with van der Waals surface area (Å²) in [5, 5.41) is 0. The van der Waals surface area contributed by atoms with Crippen molar-refractivity contribution in [1.29, 1.82) is 0 Å². The predicted octanol–water partition coefficient (Wildman–Crippen LogP) is 0.808. The van der Waals surface area contributed by atoms with Crippen molar-refractivity contribution in [2.45, 2.75) is 19.8 Å². The van der Waals surface area contributed by atoms with Crippen molar-refractivity contribution in [1.82, 2.24) is 0 Å². The topological polar surface area (TPSA) is 61.3 Å². The van der Waals surface area contributed by atoms with Crippen molar-refractivity contribution in [3.8, 4) is 0 Å². The van der Waals surface area contributed by atoms with Crippen molar-refractivity contribution in [3.63, 3.8) is 0 Å². The van der Waals surface area contributed by atoms with Crippen molar-refractivity contribution in [3.05, 3.63) is 12.3 Å². The summed E-state index contributed by atoms with van der Waals surface area (Å²) < 4.78 is 4.98. The molecule has 0 amide bonds. The molecule has 4 N–H and O–H groups in total. The van der Waals surface area contributed by atoms with Gasteiger partial charge in [-0.15, -0.1) is 0 Å². The third kappa shape index (κ3) is 7.36. The molecule has 1 atom stereocenters. The molecule has 0 aromatic rings. The van der Waals surface area contributed by atoms with Gasteiger partial charge in [0, 0.05) is 6.61 Å². The standard InChI is InChI=1S/C8H18N2O/c1-8(4-5-9)3-2-6-11-7-10/h4-5,8H,2-3,6-7,9-10H2,1H3/b5-4-. The highest BCUT2D eigenvalue weighted by Crippen LogP contribution is 2.05. The first-order valence-electron chi connectivity index (χ1n) is 3.97. The van der Waals surface area contributed by atoms with Crippen molar-refractivity contribution >= 4 is 0 Å². The Labute approximate surface area is 68.4 Å². The van der Waals surface area contributed by atoms with E-state index in [0.29, 0.717) is 12.6 Å². The van der Waals surface area contributed by atoms with E-state index < -0.39 is 0 Å². The first-order valence-corrected chi connectivity index (χ1v) is 3.97. The highest BCUT2D eigenvalue weighted by Gasteiger charge is 1.95. The fourth-order valence-electron chi connectivity index (χ4n) is 0.877. The van der Waals surface area contributed by atoms with Crippen LogP contribution in [0.2, 0.25) is 0 Å². The minimum absolute atomic E-state index is 0.321. The fourth-order valence-corrected chi connectivity index (χ4v) is 0.877. The number of hydrogen-bond acceptors (Lipinski definition) is 3. The molecule has 1 unspecified atom stereocenters. The summed E-state index contributed by atoms with van der Waals surface area (Å²) in [7, 11) is 0. The number of hydrogen-bond donors (Lipinski definition) is 2. The normalized spacial score (nSPS) is 14.0. The van der Waals surface area contributed by atoms with Crippen LogP contribution >= 0.6 is 0 Å². The van der Waals surface area contributed by atoms with Gasteiger partial charge in [-0.1, -0.05) is 13.0 Å². The Morgan fingerprint density at radius 1 is 1.55 bits per heavy atom. The summed E-state index contributed by atoms with van der Waals surface area (Å²) >= 11 is 0. The highest BCUT2D eigenvalue weighted by molar-refractivity contribution is 4.81. The molecule has 0 aliphatic carbocycles. The number of ether oxygens (including phenoxy) is 1. The minimum Gasteiger partial charge on any atom is -0.405 e. The SMILES string of the molecule is CC(/C=C\N)CCCOCN. The van der Waals surface area contributed by atoms with E-state index in [1.165, 1.54) is 0 Å². The van der Waals surface area contributed by atoms with E-state index >= 15 is 0 Å². The Bertz CT molecular complexity index is 104. The molecule has 3 heteroatoms. The molecule has 0 fully saturated rings. The van der Waals surface area contributed by atoms with Crippen LogP contribution in [0.25, 0.3) is 0 Å². The summed E-state index contributed by atoms with van der Waals surface area (Å²) in [4.78, 5) is 0. The molecule has 3 nitrogen and oxygen atoms in total. The average Bonchev–Trinajstić information content (AvgIpc) is 1.99. The minimum atomic E-state index is 0.321. The number of rotatable bonds is 6. The average molecular weight is 158 g/mol. The van der Waals surface area contributed by atoms with Crippen LogP contribution in [0.4, 0.5) is 0 Å². The second kappa shape index (κ2) is 7.57. The molecular formula is C8H18N2O. The molecule has 0 saturated carbocycles. The molecule has 0 radical (unpaired) electrons. The summed E-state index contributed by atoms with van der Waals surface area (Å²) in [6.45, 7) is 3.20. The van der Waals surface area contributed by atoms with Gasteiger partial charge in [0.1, 0.15) is 0 Å². The van der Waals surface area contributed by atoms with E-state index in [9.17, 15) is 0 Å². The van der Waals surface area contributed by atoms with Gasteiger partial charge in [0.15, 0.2) is 0 Å². The lowest BCUT2D eigenvalue weighted by molar-refractivity contribution is 0.135. The van der Waals surface area contributed by atoms with E-state index in [-0.39, 0.29) is 0 Å². The van der Waals surface area contributed by atoms with E-state index in [2.05, 4.69) is 6.92 Å². The first-order chi connectivity index (χ1) is 5.31. The Morgan fingerprint density at radius 3 is 2.82 bits per heavy atom. The molecule has 0 heterocycles. The third-order valence-corrected chi connectivity index (χ3v) is 1.51. The van der Waals surface area contributed by atoms with E-state index in [0.717, 1.165) is 19.4 Å². The van der Waals surface area contributed by atoms with Crippen molar-refractivity contribution in [2.24, 2.45) is 17.4 Å². The summed E-state index contributed by atoms with van der Waals surface area (Å²) in [5.41, 5.74) is 10.4. The summed E-state index contributed by atoms with van der Waals surface area (Å²) in [5.74, 6) is 0.543. The fraction of sp³-hybridized carbons (Fsp3) is 0.750. The molecule has 11 heavy (non-hydrogen) atoms. The molecule has 0 spiro atoms. The van der Waals surface area contributed by atoms with E-state index in [1.807, 2.05) is 6.08 Å². The zero-order valence-electron chi connectivity index (χ0n) is 7.12. The van der Waals surface area contributed by atoms with Gasteiger partial charge in [0.2, 0.25) is 0 Å². The van der Waals surface area contributed by atoms with Crippen molar-refractivity contribution in [2.75, 3.05) is 13.3 Å². The Morgan fingerprint density at radius 2 is 2.27 bits per heavy atom. The second-order valence-corrected chi connectivity index (χ2v) is 2.58. The van der Waals surface area contributed by atoms with Gasteiger partial charge >= 0.3 is 0 Å². The highest BCUT2D eigenvalue weighted by atomic mass is 16.5. The molecule has 0 aliphatic rings. The lowest BCUT2D eigenvalue weighted by Gasteiger charge is -2.04.